The molecule has 1 heterocycles. The lowest BCUT2D eigenvalue weighted by Crippen LogP contribution is -2.08. The van der Waals surface area contributed by atoms with Gasteiger partial charge < -0.3 is 5.11 Å². The van der Waals surface area contributed by atoms with Gasteiger partial charge in [-0.05, 0) is 31.2 Å². The number of aromatic hydroxyl groups is 1. The molecule has 0 aliphatic heterocycles. The number of ketones is 1. The van der Waals surface area contributed by atoms with Gasteiger partial charge in [-0.3, -0.25) is 14.6 Å². The smallest absolute Gasteiger partial charge is 0.278 e. The van der Waals surface area contributed by atoms with E-state index in [1.807, 2.05) is 6.07 Å². The molecule has 7 nitrogen and oxygen atoms in total. The molecule has 3 aromatic rings. The molecule has 2 N–H and O–H groups in total. The molecule has 7 heteroatoms. The Labute approximate surface area is 154 Å². The highest BCUT2D eigenvalue weighted by Gasteiger charge is 2.13. The molecule has 0 aliphatic carbocycles. The Bertz CT molecular complexity index is 1120. The maximum absolute atomic E-state index is 12.4. The van der Waals surface area contributed by atoms with E-state index in [0.717, 1.165) is 0 Å². The lowest BCUT2D eigenvalue weighted by molar-refractivity contribution is 0.103. The number of nitriles is 1. The topological polar surface area (TPSA) is 119 Å². The van der Waals surface area contributed by atoms with Crippen LogP contribution >= 0.6 is 0 Å². The van der Waals surface area contributed by atoms with Crippen LogP contribution in [0.3, 0.4) is 0 Å². The summed E-state index contributed by atoms with van der Waals surface area (Å²) < 4.78 is 0. The molecule has 0 atom stereocenters. The Kier molecular flexibility index (Phi) is 4.90. The van der Waals surface area contributed by atoms with Crippen molar-refractivity contribution >= 4 is 17.2 Å². The predicted octanol–water partition coefficient (Wildman–Crippen LogP) is 3.91. The molecule has 0 saturated carbocycles. The number of H-pyrrole nitrogens is 1. The molecule has 132 valence electrons. The summed E-state index contributed by atoms with van der Waals surface area (Å²) in [5.41, 5.74) is 0.987. The molecule has 0 fully saturated rings. The number of hydrogen-bond acceptors (Lipinski definition) is 6. The zero-order valence-corrected chi connectivity index (χ0v) is 14.3. The fourth-order valence-electron chi connectivity index (χ4n) is 2.50. The van der Waals surface area contributed by atoms with E-state index in [0.29, 0.717) is 16.8 Å². The van der Waals surface area contributed by atoms with Crippen LogP contribution in [0, 0.1) is 18.3 Å². The molecule has 0 saturated heterocycles. The highest BCUT2D eigenvalue weighted by atomic mass is 16.3. The lowest BCUT2D eigenvalue weighted by atomic mass is 10.0. The van der Waals surface area contributed by atoms with Crippen LogP contribution in [0.15, 0.2) is 69.6 Å². The first-order valence-electron chi connectivity index (χ1n) is 7.98. The van der Waals surface area contributed by atoms with E-state index < -0.39 is 11.4 Å². The van der Waals surface area contributed by atoms with Crippen LogP contribution in [0.5, 0.6) is 5.88 Å². The standard InChI is InChI=1S/C20H14N4O3/c1-12-16(11-21)19(26)22-20(27)17(12)24-23-15-9-7-14(8-10-15)18(25)13-5-3-2-4-6-13/h2-10H,1H3,(H2,22,26,27). The third-order valence-electron chi connectivity index (χ3n) is 3.96. The Balaban J connectivity index is 1.87. The van der Waals surface area contributed by atoms with Gasteiger partial charge in [-0.15, -0.1) is 5.11 Å². The highest BCUT2D eigenvalue weighted by Crippen LogP contribution is 2.25. The molecule has 3 rings (SSSR count). The number of benzene rings is 2. The van der Waals surface area contributed by atoms with E-state index >= 15 is 0 Å². The van der Waals surface area contributed by atoms with Crippen LogP contribution in [0.25, 0.3) is 0 Å². The number of rotatable bonds is 4. The van der Waals surface area contributed by atoms with Gasteiger partial charge in [0, 0.05) is 16.7 Å². The second-order valence-electron chi connectivity index (χ2n) is 5.71. The summed E-state index contributed by atoms with van der Waals surface area (Å²) in [6, 6.07) is 17.2. The van der Waals surface area contributed by atoms with E-state index in [-0.39, 0.29) is 22.6 Å². The van der Waals surface area contributed by atoms with Crippen LogP contribution in [-0.4, -0.2) is 15.9 Å². The molecule has 0 unspecified atom stereocenters. The van der Waals surface area contributed by atoms with Crippen LogP contribution in [0.4, 0.5) is 11.4 Å². The highest BCUT2D eigenvalue weighted by molar-refractivity contribution is 6.09. The van der Waals surface area contributed by atoms with Crippen LogP contribution in [-0.2, 0) is 0 Å². The summed E-state index contributed by atoms with van der Waals surface area (Å²) in [5, 5.41) is 26.5. The summed E-state index contributed by atoms with van der Waals surface area (Å²) in [7, 11) is 0. The third-order valence-corrected chi connectivity index (χ3v) is 3.96. The Hall–Kier alpha value is -4.05. The first-order valence-corrected chi connectivity index (χ1v) is 7.98. The number of pyridine rings is 1. The zero-order valence-electron chi connectivity index (χ0n) is 14.3. The van der Waals surface area contributed by atoms with Crippen molar-refractivity contribution < 1.29 is 9.90 Å². The molecular formula is C20H14N4O3. The van der Waals surface area contributed by atoms with E-state index in [1.54, 1.807) is 54.6 Å². The van der Waals surface area contributed by atoms with Gasteiger partial charge in [-0.1, -0.05) is 30.3 Å². The van der Waals surface area contributed by atoms with Crippen LogP contribution in [0.2, 0.25) is 0 Å². The van der Waals surface area contributed by atoms with Crippen molar-refractivity contribution in [2.75, 3.05) is 0 Å². The van der Waals surface area contributed by atoms with E-state index in [9.17, 15) is 14.7 Å². The van der Waals surface area contributed by atoms with Gasteiger partial charge in [0.2, 0.25) is 5.88 Å². The quantitative estimate of drug-likeness (QED) is 0.543. The molecule has 0 spiro atoms. The zero-order chi connectivity index (χ0) is 19.4. The number of carbonyl (C=O) groups excluding carboxylic acids is 1. The second kappa shape index (κ2) is 7.45. The Morgan fingerprint density at radius 3 is 2.30 bits per heavy atom. The number of nitrogens with zero attached hydrogens (tertiary/aromatic N) is 3. The molecule has 0 radical (unpaired) electrons. The first kappa shape index (κ1) is 17.8. The van der Waals surface area contributed by atoms with Crippen LogP contribution < -0.4 is 5.56 Å². The SMILES string of the molecule is Cc1c(C#N)c(O)[nH]c(=O)c1N=Nc1ccc(C(=O)c2ccccc2)cc1. The number of carbonyl (C=O) groups is 1. The monoisotopic (exact) mass is 358 g/mol. The van der Waals surface area contributed by atoms with Gasteiger partial charge in [0.15, 0.2) is 11.5 Å². The predicted molar refractivity (Wildman–Crippen MR) is 98.7 cm³/mol. The van der Waals surface area contributed by atoms with Gasteiger partial charge in [0.05, 0.1) is 5.69 Å². The van der Waals surface area contributed by atoms with Gasteiger partial charge in [0.1, 0.15) is 11.6 Å². The summed E-state index contributed by atoms with van der Waals surface area (Å²) in [6.45, 7) is 1.50. The molecule has 0 aliphatic rings. The number of azo groups is 1. The average molecular weight is 358 g/mol. The lowest BCUT2D eigenvalue weighted by Gasteiger charge is -2.03. The van der Waals surface area contributed by atoms with E-state index in [4.69, 9.17) is 5.26 Å². The number of nitrogens with one attached hydrogen (secondary N) is 1. The minimum Gasteiger partial charge on any atom is -0.494 e. The van der Waals surface area contributed by atoms with Gasteiger partial charge in [0.25, 0.3) is 5.56 Å². The molecule has 27 heavy (non-hydrogen) atoms. The van der Waals surface area contributed by atoms with Crippen molar-refractivity contribution in [2.45, 2.75) is 6.92 Å². The maximum Gasteiger partial charge on any atom is 0.278 e. The fraction of sp³-hybridized carbons (Fsp3) is 0.0500. The minimum atomic E-state index is -0.649. The summed E-state index contributed by atoms with van der Waals surface area (Å²) in [5.74, 6) is -0.605. The molecule has 0 amide bonds. The number of hydrogen-bond donors (Lipinski definition) is 2. The van der Waals surface area contributed by atoms with Crippen molar-refractivity contribution in [3.63, 3.8) is 0 Å². The minimum absolute atomic E-state index is 0.0613. The molecule has 2 aromatic carbocycles. The molecule has 0 bridgehead atoms. The second-order valence-corrected chi connectivity index (χ2v) is 5.71. The van der Waals surface area contributed by atoms with E-state index in [1.165, 1.54) is 6.92 Å². The van der Waals surface area contributed by atoms with Crippen molar-refractivity contribution in [3.8, 4) is 11.9 Å². The van der Waals surface area contributed by atoms with Crippen molar-refractivity contribution in [2.24, 2.45) is 10.2 Å². The Morgan fingerprint density at radius 1 is 1.04 bits per heavy atom. The maximum atomic E-state index is 12.4. The number of aromatic amines is 1. The van der Waals surface area contributed by atoms with E-state index in [2.05, 4.69) is 15.2 Å². The van der Waals surface area contributed by atoms with Gasteiger partial charge >= 0.3 is 0 Å². The fourth-order valence-corrected chi connectivity index (χ4v) is 2.50. The number of aromatic nitrogens is 1. The third kappa shape index (κ3) is 3.65. The average Bonchev–Trinajstić information content (AvgIpc) is 2.68. The Morgan fingerprint density at radius 2 is 1.67 bits per heavy atom. The normalized spacial score (nSPS) is 10.7. The van der Waals surface area contributed by atoms with Crippen LogP contribution in [0.1, 0.15) is 27.0 Å². The first-order chi connectivity index (χ1) is 13.0. The van der Waals surface area contributed by atoms with Crippen molar-refractivity contribution in [3.05, 3.63) is 87.2 Å². The molecule has 1 aromatic heterocycles. The van der Waals surface area contributed by atoms with Crippen molar-refractivity contribution in [1.82, 2.24) is 4.98 Å². The van der Waals surface area contributed by atoms with Crippen molar-refractivity contribution in [1.29, 1.82) is 5.26 Å². The molecular weight excluding hydrogens is 344 g/mol. The summed E-state index contributed by atoms with van der Waals surface area (Å²) in [4.78, 5) is 26.5. The summed E-state index contributed by atoms with van der Waals surface area (Å²) >= 11 is 0. The van der Waals surface area contributed by atoms with Gasteiger partial charge in [-0.2, -0.15) is 10.4 Å². The van der Waals surface area contributed by atoms with Gasteiger partial charge in [-0.25, -0.2) is 0 Å². The summed E-state index contributed by atoms with van der Waals surface area (Å²) in [6.07, 6.45) is 0. The largest absolute Gasteiger partial charge is 0.494 e.